The van der Waals surface area contributed by atoms with Gasteiger partial charge in [0, 0.05) is 6.07 Å². The number of carbonyl (C=O) groups is 1. The Hall–Kier alpha value is -2.18. The first-order valence-corrected chi connectivity index (χ1v) is 6.97. The van der Waals surface area contributed by atoms with Crippen LogP contribution in [0.5, 0.6) is 0 Å². The molecule has 1 aromatic rings. The molecule has 1 aliphatic rings. The Kier molecular flexibility index (Phi) is 4.11. The summed E-state index contributed by atoms with van der Waals surface area (Å²) in [5.41, 5.74) is -0.562. The van der Waals surface area contributed by atoms with Crippen LogP contribution >= 0.6 is 0 Å². The van der Waals surface area contributed by atoms with Crippen molar-refractivity contribution in [2.24, 2.45) is 5.92 Å². The van der Waals surface area contributed by atoms with Gasteiger partial charge in [-0.1, -0.05) is 19.8 Å². The van der Waals surface area contributed by atoms with Crippen molar-refractivity contribution in [2.75, 3.05) is 5.32 Å². The second kappa shape index (κ2) is 5.67. The van der Waals surface area contributed by atoms with E-state index in [0.29, 0.717) is 30.1 Å². The van der Waals surface area contributed by atoms with E-state index in [4.69, 9.17) is 0 Å². The number of aryl methyl sites for hydroxylation is 1. The van der Waals surface area contributed by atoms with Crippen LogP contribution in [0.4, 0.5) is 11.5 Å². The number of aromatic nitrogens is 1. The lowest BCUT2D eigenvalue weighted by Gasteiger charge is -2.37. The molecule has 7 heteroatoms. The van der Waals surface area contributed by atoms with Crippen LogP contribution in [0.2, 0.25) is 0 Å². The summed E-state index contributed by atoms with van der Waals surface area (Å²) in [5.74, 6) is -0.175. The Bertz CT molecular complexity index is 575. The molecule has 1 aromatic heterocycles. The third-order valence-electron chi connectivity index (χ3n) is 4.04. The minimum Gasteiger partial charge on any atom is -0.480 e. The normalized spacial score (nSPS) is 25.3. The van der Waals surface area contributed by atoms with Gasteiger partial charge in [0.15, 0.2) is 0 Å². The lowest BCUT2D eigenvalue weighted by atomic mass is 9.76. The predicted molar refractivity (Wildman–Crippen MR) is 77.2 cm³/mol. The fourth-order valence-electron chi connectivity index (χ4n) is 2.93. The maximum absolute atomic E-state index is 11.7. The number of nitrogens with zero attached hydrogens (tertiary/aromatic N) is 2. The van der Waals surface area contributed by atoms with Crippen LogP contribution in [-0.4, -0.2) is 26.5 Å². The summed E-state index contributed by atoms with van der Waals surface area (Å²) < 4.78 is 0. The topological polar surface area (TPSA) is 105 Å². The van der Waals surface area contributed by atoms with Gasteiger partial charge in [0.05, 0.1) is 4.92 Å². The van der Waals surface area contributed by atoms with E-state index in [2.05, 4.69) is 10.3 Å². The molecule has 2 rings (SSSR count). The number of anilines is 1. The van der Waals surface area contributed by atoms with Crippen molar-refractivity contribution in [3.05, 3.63) is 27.9 Å². The molecular weight excluding hydrogens is 274 g/mol. The maximum Gasteiger partial charge on any atom is 0.329 e. The molecule has 2 unspecified atom stereocenters. The summed E-state index contributed by atoms with van der Waals surface area (Å²) in [6, 6.07) is 1.40. The van der Waals surface area contributed by atoms with E-state index >= 15 is 0 Å². The molecule has 7 nitrogen and oxygen atoms in total. The van der Waals surface area contributed by atoms with Crippen LogP contribution < -0.4 is 5.32 Å². The number of hydrogen-bond acceptors (Lipinski definition) is 5. The first-order valence-electron chi connectivity index (χ1n) is 6.97. The zero-order valence-corrected chi connectivity index (χ0v) is 12.1. The van der Waals surface area contributed by atoms with E-state index in [9.17, 15) is 20.0 Å². The first kappa shape index (κ1) is 15.2. The monoisotopic (exact) mass is 293 g/mol. The standard InChI is InChI=1S/C14H19N3O4/c1-9-4-3-5-14(7-9,13(18)19)16-12-10(2)6-11(8-15-12)17(20)21/h6,8-9H,3-5,7H2,1-2H3,(H,15,16)(H,18,19). The molecule has 21 heavy (non-hydrogen) atoms. The molecule has 0 aliphatic heterocycles. The Balaban J connectivity index is 2.29. The first-order chi connectivity index (χ1) is 9.84. The second-order valence-corrected chi connectivity index (χ2v) is 5.83. The lowest BCUT2D eigenvalue weighted by molar-refractivity contribution is -0.385. The molecule has 1 aliphatic carbocycles. The van der Waals surface area contributed by atoms with Crippen LogP contribution in [0.25, 0.3) is 0 Å². The maximum atomic E-state index is 11.7. The number of nitrogens with one attached hydrogen (secondary N) is 1. The van der Waals surface area contributed by atoms with Crippen molar-refractivity contribution in [1.29, 1.82) is 0 Å². The summed E-state index contributed by atoms with van der Waals surface area (Å²) in [4.78, 5) is 25.9. The highest BCUT2D eigenvalue weighted by atomic mass is 16.6. The van der Waals surface area contributed by atoms with Gasteiger partial charge in [-0.15, -0.1) is 0 Å². The Morgan fingerprint density at radius 2 is 2.33 bits per heavy atom. The van der Waals surface area contributed by atoms with Crippen molar-refractivity contribution in [3.8, 4) is 0 Å². The van der Waals surface area contributed by atoms with Crippen LogP contribution in [0.15, 0.2) is 12.3 Å². The molecule has 0 spiro atoms. The number of carboxylic acid groups (broad SMARTS) is 1. The number of rotatable bonds is 4. The van der Waals surface area contributed by atoms with Crippen LogP contribution in [0.1, 0.15) is 38.2 Å². The Morgan fingerprint density at radius 1 is 1.62 bits per heavy atom. The second-order valence-electron chi connectivity index (χ2n) is 5.83. The molecule has 2 atom stereocenters. The number of hydrogen-bond donors (Lipinski definition) is 2. The minimum atomic E-state index is -1.04. The van der Waals surface area contributed by atoms with Gasteiger partial charge in [-0.3, -0.25) is 10.1 Å². The summed E-state index contributed by atoms with van der Waals surface area (Å²) in [7, 11) is 0. The van der Waals surface area contributed by atoms with E-state index in [-0.39, 0.29) is 5.69 Å². The summed E-state index contributed by atoms with van der Waals surface area (Å²) in [6.07, 6.45) is 4.07. The third-order valence-corrected chi connectivity index (χ3v) is 4.04. The van der Waals surface area contributed by atoms with Crippen molar-refractivity contribution in [1.82, 2.24) is 4.98 Å². The number of pyridine rings is 1. The molecule has 0 amide bonds. The summed E-state index contributed by atoms with van der Waals surface area (Å²) in [5, 5.41) is 23.3. The molecular formula is C14H19N3O4. The molecule has 0 saturated heterocycles. The number of aliphatic carboxylic acids is 1. The van der Waals surface area contributed by atoms with E-state index in [0.717, 1.165) is 19.0 Å². The fourth-order valence-corrected chi connectivity index (χ4v) is 2.93. The average molecular weight is 293 g/mol. The van der Waals surface area contributed by atoms with E-state index in [1.165, 1.54) is 6.07 Å². The van der Waals surface area contributed by atoms with Crippen LogP contribution in [0.3, 0.4) is 0 Å². The predicted octanol–water partition coefficient (Wildman–Crippen LogP) is 2.74. The summed E-state index contributed by atoms with van der Waals surface area (Å²) in [6.45, 7) is 3.72. The lowest BCUT2D eigenvalue weighted by Crippen LogP contribution is -2.49. The van der Waals surface area contributed by atoms with Gasteiger partial charge in [-0.05, 0) is 31.2 Å². The van der Waals surface area contributed by atoms with Gasteiger partial charge in [0.1, 0.15) is 17.6 Å². The zero-order valence-electron chi connectivity index (χ0n) is 12.1. The molecule has 2 N–H and O–H groups in total. The molecule has 0 bridgehead atoms. The highest BCUT2D eigenvalue weighted by Crippen LogP contribution is 2.35. The number of carboxylic acids is 1. The minimum absolute atomic E-state index is 0.0977. The number of nitro groups is 1. The van der Waals surface area contributed by atoms with Crippen molar-refractivity contribution in [2.45, 2.75) is 45.1 Å². The van der Waals surface area contributed by atoms with Crippen molar-refractivity contribution < 1.29 is 14.8 Å². The quantitative estimate of drug-likeness (QED) is 0.653. The van der Waals surface area contributed by atoms with Crippen LogP contribution in [-0.2, 0) is 4.79 Å². The molecule has 0 aromatic carbocycles. The fraction of sp³-hybridized carbons (Fsp3) is 0.571. The van der Waals surface area contributed by atoms with Gasteiger partial charge in [0.2, 0.25) is 0 Å². The van der Waals surface area contributed by atoms with E-state index in [1.54, 1.807) is 6.92 Å². The van der Waals surface area contributed by atoms with E-state index < -0.39 is 16.4 Å². The zero-order chi connectivity index (χ0) is 15.6. The Morgan fingerprint density at radius 3 is 2.86 bits per heavy atom. The molecule has 1 fully saturated rings. The largest absolute Gasteiger partial charge is 0.480 e. The summed E-state index contributed by atoms with van der Waals surface area (Å²) >= 11 is 0. The third kappa shape index (κ3) is 3.12. The van der Waals surface area contributed by atoms with Gasteiger partial charge >= 0.3 is 5.97 Å². The molecule has 1 heterocycles. The average Bonchev–Trinajstić information content (AvgIpc) is 2.40. The molecule has 1 saturated carbocycles. The van der Waals surface area contributed by atoms with Gasteiger partial charge in [-0.25, -0.2) is 9.78 Å². The molecule has 114 valence electrons. The smallest absolute Gasteiger partial charge is 0.329 e. The molecule has 0 radical (unpaired) electrons. The SMILES string of the molecule is Cc1cc([N+](=O)[O-])cnc1NC1(C(=O)O)CCCC(C)C1. The van der Waals surface area contributed by atoms with Gasteiger partial charge in [-0.2, -0.15) is 0 Å². The van der Waals surface area contributed by atoms with Crippen LogP contribution in [0, 0.1) is 23.0 Å². The van der Waals surface area contributed by atoms with Crippen molar-refractivity contribution >= 4 is 17.5 Å². The highest BCUT2D eigenvalue weighted by Gasteiger charge is 2.42. The highest BCUT2D eigenvalue weighted by molar-refractivity contribution is 5.83. The van der Waals surface area contributed by atoms with Gasteiger partial charge in [0.25, 0.3) is 5.69 Å². The van der Waals surface area contributed by atoms with Crippen molar-refractivity contribution in [3.63, 3.8) is 0 Å². The van der Waals surface area contributed by atoms with E-state index in [1.807, 2.05) is 6.92 Å². The Labute approximate surface area is 122 Å². The van der Waals surface area contributed by atoms with Gasteiger partial charge < -0.3 is 10.4 Å².